The second-order valence-corrected chi connectivity index (χ2v) is 6.69. The van der Waals surface area contributed by atoms with Crippen LogP contribution in [0.15, 0.2) is 18.6 Å². The molecule has 2 N–H and O–H groups in total. The van der Waals surface area contributed by atoms with E-state index in [2.05, 4.69) is 25.6 Å². The Balaban J connectivity index is 1.63. The maximum atomic E-state index is 5.76. The summed E-state index contributed by atoms with van der Waals surface area (Å²) in [7, 11) is 1.69. The van der Waals surface area contributed by atoms with Crippen LogP contribution in [0.3, 0.4) is 0 Å². The first-order valence-corrected chi connectivity index (χ1v) is 9.56. The Bertz CT molecular complexity index is 674. The summed E-state index contributed by atoms with van der Waals surface area (Å²) in [6.07, 6.45) is 11.0. The first-order valence-electron chi connectivity index (χ1n) is 9.56. The predicted molar refractivity (Wildman–Crippen MR) is 103 cm³/mol. The molecule has 2 heterocycles. The normalized spacial score (nSPS) is 15.7. The zero-order valence-electron chi connectivity index (χ0n) is 15.5. The van der Waals surface area contributed by atoms with Gasteiger partial charge in [0.15, 0.2) is 0 Å². The third-order valence-electron chi connectivity index (χ3n) is 4.70. The predicted octanol–water partition coefficient (Wildman–Crippen LogP) is 2.77. The quantitative estimate of drug-likeness (QED) is 0.526. The number of hydrogen-bond donors (Lipinski definition) is 2. The summed E-state index contributed by atoms with van der Waals surface area (Å²) in [6.45, 7) is 2.82. The van der Waals surface area contributed by atoms with Crippen molar-refractivity contribution in [3.8, 4) is 5.88 Å². The standard InChI is InChI=1S/C19H29N5O2/c1-25-10-8-20-9-11-26-18-12-16-17(13-21-18)22-14-23-19(16)24-15-6-4-2-3-5-7-15/h12-15,20H,2-11H2,1H3,(H,22,23,24). The molecule has 1 saturated carbocycles. The number of aromatic nitrogens is 3. The van der Waals surface area contributed by atoms with Crippen molar-refractivity contribution < 1.29 is 9.47 Å². The Hall–Kier alpha value is -1.99. The lowest BCUT2D eigenvalue weighted by atomic mass is 10.1. The molecule has 0 unspecified atom stereocenters. The Labute approximate surface area is 154 Å². The van der Waals surface area contributed by atoms with Crippen LogP contribution in [0.2, 0.25) is 0 Å². The van der Waals surface area contributed by atoms with Gasteiger partial charge in [-0.25, -0.2) is 15.0 Å². The largest absolute Gasteiger partial charge is 0.476 e. The number of pyridine rings is 1. The van der Waals surface area contributed by atoms with Crippen molar-refractivity contribution in [3.63, 3.8) is 0 Å². The molecule has 3 rings (SSSR count). The first-order chi connectivity index (χ1) is 12.9. The number of rotatable bonds is 9. The summed E-state index contributed by atoms with van der Waals surface area (Å²) in [5.41, 5.74) is 0.835. The minimum atomic E-state index is 0.484. The van der Waals surface area contributed by atoms with Gasteiger partial charge in [0.1, 0.15) is 18.8 Å². The number of fused-ring (bicyclic) bond motifs is 1. The summed E-state index contributed by atoms with van der Waals surface area (Å²) >= 11 is 0. The molecule has 26 heavy (non-hydrogen) atoms. The van der Waals surface area contributed by atoms with Crippen LogP contribution in [-0.2, 0) is 4.74 Å². The van der Waals surface area contributed by atoms with Gasteiger partial charge >= 0.3 is 0 Å². The molecule has 1 aliphatic rings. The van der Waals surface area contributed by atoms with Crippen molar-refractivity contribution >= 4 is 16.7 Å². The van der Waals surface area contributed by atoms with E-state index in [1.807, 2.05) is 6.07 Å². The van der Waals surface area contributed by atoms with Crippen LogP contribution in [0.4, 0.5) is 5.82 Å². The van der Waals surface area contributed by atoms with E-state index in [0.717, 1.165) is 29.8 Å². The van der Waals surface area contributed by atoms with Crippen LogP contribution >= 0.6 is 0 Å². The molecular weight excluding hydrogens is 330 g/mol. The summed E-state index contributed by atoms with van der Waals surface area (Å²) in [5, 5.41) is 7.84. The molecule has 7 nitrogen and oxygen atoms in total. The number of ether oxygens (including phenoxy) is 2. The Morgan fingerprint density at radius 1 is 1.04 bits per heavy atom. The maximum Gasteiger partial charge on any atom is 0.214 e. The highest BCUT2D eigenvalue weighted by atomic mass is 16.5. The molecule has 0 atom stereocenters. The zero-order valence-corrected chi connectivity index (χ0v) is 15.5. The molecule has 0 amide bonds. The second kappa shape index (κ2) is 10.2. The summed E-state index contributed by atoms with van der Waals surface area (Å²) in [5.74, 6) is 1.48. The molecule has 0 aromatic carbocycles. The number of nitrogens with zero attached hydrogens (tertiary/aromatic N) is 3. The number of methoxy groups -OCH3 is 1. The average Bonchev–Trinajstić information content (AvgIpc) is 2.94. The highest BCUT2D eigenvalue weighted by molar-refractivity contribution is 5.89. The smallest absolute Gasteiger partial charge is 0.214 e. The van der Waals surface area contributed by atoms with E-state index in [0.29, 0.717) is 25.1 Å². The number of nitrogens with one attached hydrogen (secondary N) is 2. The van der Waals surface area contributed by atoms with Gasteiger partial charge in [-0.1, -0.05) is 25.7 Å². The lowest BCUT2D eigenvalue weighted by Gasteiger charge is -2.18. The monoisotopic (exact) mass is 359 g/mol. The van der Waals surface area contributed by atoms with E-state index in [-0.39, 0.29) is 0 Å². The van der Waals surface area contributed by atoms with Gasteiger partial charge in [0.25, 0.3) is 0 Å². The average molecular weight is 359 g/mol. The van der Waals surface area contributed by atoms with E-state index >= 15 is 0 Å². The Morgan fingerprint density at radius 3 is 2.65 bits per heavy atom. The van der Waals surface area contributed by atoms with E-state index in [9.17, 15) is 0 Å². The molecule has 0 saturated heterocycles. The summed E-state index contributed by atoms with van der Waals surface area (Å²) in [4.78, 5) is 13.2. The fourth-order valence-electron chi connectivity index (χ4n) is 3.28. The van der Waals surface area contributed by atoms with Crippen LogP contribution in [-0.4, -0.2) is 54.4 Å². The third kappa shape index (κ3) is 5.51. The van der Waals surface area contributed by atoms with Gasteiger partial charge in [0, 0.05) is 37.7 Å². The fraction of sp³-hybridized carbons (Fsp3) is 0.632. The van der Waals surface area contributed by atoms with Gasteiger partial charge in [-0.3, -0.25) is 0 Å². The molecule has 142 valence electrons. The molecule has 2 aromatic heterocycles. The van der Waals surface area contributed by atoms with E-state index < -0.39 is 0 Å². The number of hydrogen-bond acceptors (Lipinski definition) is 7. The molecule has 0 aliphatic heterocycles. The summed E-state index contributed by atoms with van der Waals surface area (Å²) in [6, 6.07) is 2.42. The van der Waals surface area contributed by atoms with Gasteiger partial charge in [0.05, 0.1) is 18.3 Å². The topological polar surface area (TPSA) is 81.2 Å². The van der Waals surface area contributed by atoms with Crippen LogP contribution in [0.1, 0.15) is 38.5 Å². The molecule has 7 heteroatoms. The van der Waals surface area contributed by atoms with Gasteiger partial charge in [-0.15, -0.1) is 0 Å². The van der Waals surface area contributed by atoms with E-state index in [1.165, 1.54) is 38.5 Å². The minimum absolute atomic E-state index is 0.484. The SMILES string of the molecule is COCCNCCOc1cc2c(NC3CCCCCC3)ncnc2cn1. The highest BCUT2D eigenvalue weighted by Gasteiger charge is 2.14. The van der Waals surface area contributed by atoms with Crippen molar-refractivity contribution in [2.24, 2.45) is 0 Å². The molecule has 2 aromatic rings. The van der Waals surface area contributed by atoms with Gasteiger partial charge < -0.3 is 20.1 Å². The molecule has 0 radical (unpaired) electrons. The van der Waals surface area contributed by atoms with Gasteiger partial charge in [-0.05, 0) is 12.8 Å². The van der Waals surface area contributed by atoms with Crippen LogP contribution in [0.5, 0.6) is 5.88 Å². The summed E-state index contributed by atoms with van der Waals surface area (Å²) < 4.78 is 10.8. The molecule has 0 spiro atoms. The third-order valence-corrected chi connectivity index (χ3v) is 4.70. The van der Waals surface area contributed by atoms with Crippen LogP contribution < -0.4 is 15.4 Å². The van der Waals surface area contributed by atoms with Crippen molar-refractivity contribution in [1.29, 1.82) is 0 Å². The van der Waals surface area contributed by atoms with E-state index in [1.54, 1.807) is 19.6 Å². The molecule has 1 aliphatic carbocycles. The van der Waals surface area contributed by atoms with E-state index in [4.69, 9.17) is 9.47 Å². The highest BCUT2D eigenvalue weighted by Crippen LogP contribution is 2.26. The molecule has 0 bridgehead atoms. The first kappa shape index (κ1) is 18.8. The molecule has 1 fully saturated rings. The van der Waals surface area contributed by atoms with Crippen LogP contribution in [0.25, 0.3) is 10.9 Å². The minimum Gasteiger partial charge on any atom is -0.476 e. The van der Waals surface area contributed by atoms with Gasteiger partial charge in [0.2, 0.25) is 5.88 Å². The number of anilines is 1. The Morgan fingerprint density at radius 2 is 1.85 bits per heavy atom. The van der Waals surface area contributed by atoms with Crippen molar-refractivity contribution in [1.82, 2.24) is 20.3 Å². The molecular formula is C19H29N5O2. The van der Waals surface area contributed by atoms with Crippen molar-refractivity contribution in [2.45, 2.75) is 44.6 Å². The lowest BCUT2D eigenvalue weighted by Crippen LogP contribution is -2.24. The zero-order chi connectivity index (χ0) is 18.0. The van der Waals surface area contributed by atoms with Gasteiger partial charge in [-0.2, -0.15) is 0 Å². The maximum absolute atomic E-state index is 5.76. The fourth-order valence-corrected chi connectivity index (χ4v) is 3.28. The van der Waals surface area contributed by atoms with Crippen LogP contribution in [0, 0.1) is 0 Å². The van der Waals surface area contributed by atoms with Crippen molar-refractivity contribution in [2.75, 3.05) is 38.7 Å². The van der Waals surface area contributed by atoms with Crippen molar-refractivity contribution in [3.05, 3.63) is 18.6 Å². The lowest BCUT2D eigenvalue weighted by molar-refractivity contribution is 0.196. The Kier molecular flexibility index (Phi) is 7.39. The second-order valence-electron chi connectivity index (χ2n) is 6.69.